The second-order valence-corrected chi connectivity index (χ2v) is 5.27. The predicted molar refractivity (Wildman–Crippen MR) is 78.1 cm³/mol. The van der Waals surface area contributed by atoms with Crippen LogP contribution in [0.2, 0.25) is 0 Å². The highest BCUT2D eigenvalue weighted by molar-refractivity contribution is 5.81. The van der Waals surface area contributed by atoms with Crippen molar-refractivity contribution in [2.24, 2.45) is 5.92 Å². The molecule has 114 valence electrons. The normalized spacial score (nSPS) is 17.3. The van der Waals surface area contributed by atoms with Gasteiger partial charge < -0.3 is 14.7 Å². The van der Waals surface area contributed by atoms with Crippen molar-refractivity contribution in [3.63, 3.8) is 0 Å². The molecule has 1 aromatic rings. The number of carbonyl (C=O) groups is 2. The third-order valence-electron chi connectivity index (χ3n) is 3.82. The number of hydrogen-bond acceptors (Lipinski definition) is 3. The average Bonchev–Trinajstić information content (AvgIpc) is 2.53. The van der Waals surface area contributed by atoms with Crippen LogP contribution in [0.3, 0.4) is 0 Å². The number of para-hydroxylation sites is 1. The van der Waals surface area contributed by atoms with Gasteiger partial charge >= 0.3 is 5.97 Å². The molecule has 1 aliphatic rings. The van der Waals surface area contributed by atoms with Crippen LogP contribution in [0.15, 0.2) is 30.3 Å². The van der Waals surface area contributed by atoms with Crippen LogP contribution < -0.4 is 4.74 Å². The van der Waals surface area contributed by atoms with Crippen LogP contribution in [0, 0.1) is 5.92 Å². The first-order valence-corrected chi connectivity index (χ1v) is 7.35. The van der Waals surface area contributed by atoms with Crippen LogP contribution in [-0.2, 0) is 9.59 Å². The number of likely N-dealkylation sites (tertiary alicyclic amines) is 1. The highest BCUT2D eigenvalue weighted by Gasteiger charge is 2.30. The number of piperidine rings is 1. The third kappa shape index (κ3) is 3.97. The molecule has 5 heteroatoms. The van der Waals surface area contributed by atoms with E-state index in [1.165, 1.54) is 0 Å². The van der Waals surface area contributed by atoms with Crippen molar-refractivity contribution in [1.82, 2.24) is 4.90 Å². The van der Waals surface area contributed by atoms with E-state index in [2.05, 4.69) is 0 Å². The van der Waals surface area contributed by atoms with Crippen LogP contribution in [-0.4, -0.2) is 41.1 Å². The minimum Gasteiger partial charge on any atom is -0.481 e. The Kier molecular flexibility index (Phi) is 5.20. The lowest BCUT2D eigenvalue weighted by molar-refractivity contribution is -0.147. The molecule has 5 nitrogen and oxygen atoms in total. The Hall–Kier alpha value is -2.04. The Bertz CT molecular complexity index is 480. The quantitative estimate of drug-likeness (QED) is 0.903. The minimum atomic E-state index is -0.769. The summed E-state index contributed by atoms with van der Waals surface area (Å²) in [5.74, 6) is -0.470. The molecule has 2 rings (SSSR count). The smallest absolute Gasteiger partial charge is 0.306 e. The molecule has 1 saturated heterocycles. The van der Waals surface area contributed by atoms with Gasteiger partial charge in [-0.15, -0.1) is 0 Å². The Morgan fingerprint density at radius 1 is 1.29 bits per heavy atom. The first-order valence-electron chi connectivity index (χ1n) is 7.35. The Labute approximate surface area is 124 Å². The minimum absolute atomic E-state index is 0.0507. The number of benzene rings is 1. The standard InChI is InChI=1S/C16H21NO4/c1-2-14(21-13-6-4-3-5-7-13)15(18)17-10-8-12(9-11-17)16(19)20/h3-7,12,14H,2,8-11H2,1H3,(H,19,20)/t14-/m0/s1. The molecule has 0 aromatic heterocycles. The summed E-state index contributed by atoms with van der Waals surface area (Å²) in [4.78, 5) is 25.1. The molecule has 1 aromatic carbocycles. The van der Waals surface area contributed by atoms with Crippen LogP contribution in [0.4, 0.5) is 0 Å². The summed E-state index contributed by atoms with van der Waals surface area (Å²) >= 11 is 0. The second kappa shape index (κ2) is 7.11. The number of carboxylic acid groups (broad SMARTS) is 1. The molecular weight excluding hydrogens is 270 g/mol. The number of rotatable bonds is 5. The zero-order valence-corrected chi connectivity index (χ0v) is 12.2. The third-order valence-corrected chi connectivity index (χ3v) is 3.82. The predicted octanol–water partition coefficient (Wildman–Crippen LogP) is 2.17. The first kappa shape index (κ1) is 15.4. The lowest BCUT2D eigenvalue weighted by Crippen LogP contribution is -2.46. The summed E-state index contributed by atoms with van der Waals surface area (Å²) in [6.07, 6.45) is 1.12. The first-order chi connectivity index (χ1) is 10.1. The van der Waals surface area contributed by atoms with Gasteiger partial charge in [0.2, 0.25) is 0 Å². The maximum absolute atomic E-state index is 12.5. The van der Waals surface area contributed by atoms with E-state index in [-0.39, 0.29) is 11.8 Å². The zero-order chi connectivity index (χ0) is 15.2. The van der Waals surface area contributed by atoms with Crippen LogP contribution >= 0.6 is 0 Å². The van der Waals surface area contributed by atoms with Crippen molar-refractivity contribution in [2.75, 3.05) is 13.1 Å². The number of carboxylic acids is 1. The molecule has 0 aliphatic carbocycles. The molecule has 0 unspecified atom stereocenters. The molecule has 1 heterocycles. The summed E-state index contributed by atoms with van der Waals surface area (Å²) < 4.78 is 5.75. The van der Waals surface area contributed by atoms with E-state index in [4.69, 9.17) is 9.84 Å². The van der Waals surface area contributed by atoms with Gasteiger partial charge in [-0.1, -0.05) is 25.1 Å². The molecule has 1 fully saturated rings. The molecule has 1 atom stereocenters. The van der Waals surface area contributed by atoms with Crippen LogP contribution in [0.25, 0.3) is 0 Å². The summed E-state index contributed by atoms with van der Waals surface area (Å²) in [6, 6.07) is 9.28. The van der Waals surface area contributed by atoms with Gasteiger partial charge in [0.25, 0.3) is 5.91 Å². The highest BCUT2D eigenvalue weighted by Crippen LogP contribution is 2.20. The highest BCUT2D eigenvalue weighted by atomic mass is 16.5. The molecule has 0 bridgehead atoms. The van der Waals surface area contributed by atoms with Gasteiger partial charge in [0.15, 0.2) is 6.10 Å². The molecule has 0 saturated carbocycles. The molecule has 1 amide bonds. The number of aliphatic carboxylic acids is 1. The van der Waals surface area contributed by atoms with Crippen molar-refractivity contribution >= 4 is 11.9 Å². The fourth-order valence-corrected chi connectivity index (χ4v) is 2.52. The topological polar surface area (TPSA) is 66.8 Å². The van der Waals surface area contributed by atoms with Crippen molar-refractivity contribution in [3.05, 3.63) is 30.3 Å². The number of hydrogen-bond donors (Lipinski definition) is 1. The fraction of sp³-hybridized carbons (Fsp3) is 0.500. The number of ether oxygens (including phenoxy) is 1. The SMILES string of the molecule is CC[C@H](Oc1ccccc1)C(=O)N1CCC(C(=O)O)CC1. The van der Waals surface area contributed by atoms with E-state index in [9.17, 15) is 9.59 Å². The molecule has 1 aliphatic heterocycles. The van der Waals surface area contributed by atoms with E-state index in [1.807, 2.05) is 37.3 Å². The van der Waals surface area contributed by atoms with Crippen molar-refractivity contribution < 1.29 is 19.4 Å². The number of amides is 1. The number of nitrogens with zero attached hydrogens (tertiary/aromatic N) is 1. The Morgan fingerprint density at radius 2 is 1.90 bits per heavy atom. The second-order valence-electron chi connectivity index (χ2n) is 5.27. The summed E-state index contributed by atoms with van der Waals surface area (Å²) in [7, 11) is 0. The molecule has 0 radical (unpaired) electrons. The lowest BCUT2D eigenvalue weighted by Gasteiger charge is -2.32. The Morgan fingerprint density at radius 3 is 2.43 bits per heavy atom. The summed E-state index contributed by atoms with van der Waals surface area (Å²) in [5.41, 5.74) is 0. The monoisotopic (exact) mass is 291 g/mol. The van der Waals surface area contributed by atoms with Crippen LogP contribution in [0.5, 0.6) is 5.75 Å². The van der Waals surface area contributed by atoms with Gasteiger partial charge in [-0.2, -0.15) is 0 Å². The van der Waals surface area contributed by atoms with Crippen molar-refractivity contribution in [1.29, 1.82) is 0 Å². The van der Waals surface area contributed by atoms with Gasteiger partial charge in [-0.3, -0.25) is 9.59 Å². The van der Waals surface area contributed by atoms with Gasteiger partial charge in [0, 0.05) is 13.1 Å². The molecule has 21 heavy (non-hydrogen) atoms. The van der Waals surface area contributed by atoms with E-state index in [0.717, 1.165) is 0 Å². The van der Waals surface area contributed by atoms with Gasteiger partial charge in [0.05, 0.1) is 5.92 Å². The number of carbonyl (C=O) groups excluding carboxylic acids is 1. The average molecular weight is 291 g/mol. The van der Waals surface area contributed by atoms with E-state index in [0.29, 0.717) is 38.1 Å². The largest absolute Gasteiger partial charge is 0.481 e. The van der Waals surface area contributed by atoms with E-state index in [1.54, 1.807) is 4.90 Å². The molecule has 0 spiro atoms. The van der Waals surface area contributed by atoms with E-state index >= 15 is 0 Å². The molecular formula is C16H21NO4. The molecule has 1 N–H and O–H groups in total. The maximum Gasteiger partial charge on any atom is 0.306 e. The van der Waals surface area contributed by atoms with Crippen molar-refractivity contribution in [3.8, 4) is 5.75 Å². The summed E-state index contributed by atoms with van der Waals surface area (Å²) in [5, 5.41) is 8.99. The van der Waals surface area contributed by atoms with E-state index < -0.39 is 12.1 Å². The van der Waals surface area contributed by atoms with Crippen LogP contribution in [0.1, 0.15) is 26.2 Å². The zero-order valence-electron chi connectivity index (χ0n) is 12.2. The van der Waals surface area contributed by atoms with Gasteiger partial charge in [0.1, 0.15) is 5.75 Å². The lowest BCUT2D eigenvalue weighted by atomic mass is 9.96. The van der Waals surface area contributed by atoms with Crippen molar-refractivity contribution in [2.45, 2.75) is 32.3 Å². The van der Waals surface area contributed by atoms with Gasteiger partial charge in [-0.25, -0.2) is 0 Å². The maximum atomic E-state index is 12.5. The Balaban J connectivity index is 1.93. The summed E-state index contributed by atoms with van der Waals surface area (Å²) in [6.45, 7) is 2.89. The fourth-order valence-electron chi connectivity index (χ4n) is 2.52. The van der Waals surface area contributed by atoms with Gasteiger partial charge in [-0.05, 0) is 31.4 Å².